The van der Waals surface area contributed by atoms with Gasteiger partial charge in [-0.3, -0.25) is 0 Å². The van der Waals surface area contributed by atoms with E-state index in [0.717, 1.165) is 5.56 Å². The van der Waals surface area contributed by atoms with Gasteiger partial charge in [0.2, 0.25) is 9.84 Å². The summed E-state index contributed by atoms with van der Waals surface area (Å²) in [4.78, 5) is 7.50. The lowest BCUT2D eigenvalue weighted by Crippen LogP contribution is -2.07. The quantitative estimate of drug-likeness (QED) is 0.864. The van der Waals surface area contributed by atoms with Gasteiger partial charge in [0.05, 0.1) is 11.1 Å². The van der Waals surface area contributed by atoms with Crippen LogP contribution in [0.1, 0.15) is 5.56 Å². The van der Waals surface area contributed by atoms with Crippen LogP contribution in [-0.4, -0.2) is 18.4 Å². The molecule has 88 valence electrons. The van der Waals surface area contributed by atoms with Crippen molar-refractivity contribution in [3.63, 3.8) is 0 Å². The van der Waals surface area contributed by atoms with Gasteiger partial charge in [-0.25, -0.2) is 18.4 Å². The molecule has 0 amide bonds. The Morgan fingerprint density at radius 2 is 2.06 bits per heavy atom. The molecular formula is C11H11N3O2S. The van der Waals surface area contributed by atoms with E-state index >= 15 is 0 Å². The largest absolute Gasteiger partial charge is 0.383 e. The van der Waals surface area contributed by atoms with E-state index in [1.165, 1.54) is 18.6 Å². The van der Waals surface area contributed by atoms with E-state index in [9.17, 15) is 8.42 Å². The monoisotopic (exact) mass is 249 g/mol. The summed E-state index contributed by atoms with van der Waals surface area (Å²) in [5, 5.41) is 0. The molecule has 0 saturated carbocycles. The van der Waals surface area contributed by atoms with Crippen LogP contribution in [0.2, 0.25) is 0 Å². The van der Waals surface area contributed by atoms with Crippen molar-refractivity contribution < 1.29 is 8.42 Å². The van der Waals surface area contributed by atoms with Crippen LogP contribution in [0.3, 0.4) is 0 Å². The van der Waals surface area contributed by atoms with Crippen molar-refractivity contribution in [2.45, 2.75) is 16.7 Å². The Hall–Kier alpha value is -1.95. The van der Waals surface area contributed by atoms with Gasteiger partial charge in [-0.15, -0.1) is 0 Å². The molecule has 0 spiro atoms. The standard InChI is InChI=1S/C11H11N3O2S/c1-8-3-2-4-9(5-8)17(15,16)10-6-13-7-14-11(10)12/h2-7H,1H3,(H2,12,13,14). The molecule has 0 saturated heterocycles. The van der Waals surface area contributed by atoms with Crippen LogP contribution in [-0.2, 0) is 9.84 Å². The first-order valence-corrected chi connectivity index (χ1v) is 6.37. The number of hydrogen-bond acceptors (Lipinski definition) is 5. The maximum absolute atomic E-state index is 12.2. The third kappa shape index (κ3) is 2.12. The molecule has 0 unspecified atom stereocenters. The van der Waals surface area contributed by atoms with E-state index in [-0.39, 0.29) is 15.6 Å². The first-order chi connectivity index (χ1) is 8.01. The number of benzene rings is 1. The van der Waals surface area contributed by atoms with Crippen LogP contribution in [0.25, 0.3) is 0 Å². The molecule has 1 aromatic carbocycles. The summed E-state index contributed by atoms with van der Waals surface area (Å²) in [5.74, 6) is -0.0403. The molecule has 0 bridgehead atoms. The SMILES string of the molecule is Cc1cccc(S(=O)(=O)c2cncnc2N)c1. The van der Waals surface area contributed by atoms with E-state index in [2.05, 4.69) is 9.97 Å². The Labute approximate surface area is 99.3 Å². The molecule has 0 radical (unpaired) electrons. The van der Waals surface area contributed by atoms with Crippen LogP contribution in [0.4, 0.5) is 5.82 Å². The van der Waals surface area contributed by atoms with Crippen LogP contribution in [0.15, 0.2) is 46.6 Å². The molecule has 2 N–H and O–H groups in total. The Bertz CT molecular complexity index is 653. The molecule has 0 aliphatic rings. The fraction of sp³-hybridized carbons (Fsp3) is 0.0909. The highest BCUT2D eigenvalue weighted by molar-refractivity contribution is 7.91. The Morgan fingerprint density at radius 3 is 2.71 bits per heavy atom. The van der Waals surface area contributed by atoms with Crippen molar-refractivity contribution in [2.24, 2.45) is 0 Å². The third-order valence-electron chi connectivity index (χ3n) is 2.30. The average molecular weight is 249 g/mol. The molecule has 1 aromatic heterocycles. The van der Waals surface area contributed by atoms with Crippen molar-refractivity contribution in [3.8, 4) is 0 Å². The predicted octanol–water partition coefficient (Wildman–Crippen LogP) is 1.20. The number of anilines is 1. The summed E-state index contributed by atoms with van der Waals surface area (Å²) >= 11 is 0. The minimum atomic E-state index is -3.64. The predicted molar refractivity (Wildman–Crippen MR) is 63.1 cm³/mol. The lowest BCUT2D eigenvalue weighted by Gasteiger charge is -2.06. The Kier molecular flexibility index (Phi) is 2.81. The zero-order chi connectivity index (χ0) is 12.5. The highest BCUT2D eigenvalue weighted by Crippen LogP contribution is 2.23. The van der Waals surface area contributed by atoms with E-state index in [1.807, 2.05) is 13.0 Å². The molecule has 0 aliphatic heterocycles. The van der Waals surface area contributed by atoms with Crippen molar-refractivity contribution in [1.82, 2.24) is 9.97 Å². The van der Waals surface area contributed by atoms with Gasteiger partial charge in [-0.05, 0) is 24.6 Å². The van der Waals surface area contributed by atoms with Gasteiger partial charge >= 0.3 is 0 Å². The molecule has 2 rings (SSSR count). The van der Waals surface area contributed by atoms with Gasteiger partial charge in [-0.1, -0.05) is 12.1 Å². The number of aryl methyl sites for hydroxylation is 1. The zero-order valence-electron chi connectivity index (χ0n) is 9.16. The topological polar surface area (TPSA) is 85.9 Å². The van der Waals surface area contributed by atoms with E-state index in [1.54, 1.807) is 12.1 Å². The number of nitrogen functional groups attached to an aromatic ring is 1. The summed E-state index contributed by atoms with van der Waals surface area (Å²) in [7, 11) is -3.64. The molecular weight excluding hydrogens is 238 g/mol. The highest BCUT2D eigenvalue weighted by Gasteiger charge is 2.21. The van der Waals surface area contributed by atoms with Crippen LogP contribution >= 0.6 is 0 Å². The van der Waals surface area contributed by atoms with Gasteiger partial charge in [0.25, 0.3) is 0 Å². The van der Waals surface area contributed by atoms with Gasteiger partial charge < -0.3 is 5.73 Å². The molecule has 5 nitrogen and oxygen atoms in total. The lowest BCUT2D eigenvalue weighted by atomic mass is 10.2. The molecule has 17 heavy (non-hydrogen) atoms. The zero-order valence-corrected chi connectivity index (χ0v) is 9.98. The molecule has 0 atom stereocenters. The van der Waals surface area contributed by atoms with Crippen molar-refractivity contribution in [3.05, 3.63) is 42.4 Å². The second-order valence-electron chi connectivity index (χ2n) is 3.59. The van der Waals surface area contributed by atoms with Gasteiger partial charge in [-0.2, -0.15) is 0 Å². The summed E-state index contributed by atoms with van der Waals surface area (Å²) in [6, 6.07) is 6.61. The van der Waals surface area contributed by atoms with Gasteiger partial charge in [0.15, 0.2) is 0 Å². The number of rotatable bonds is 2. The van der Waals surface area contributed by atoms with Crippen molar-refractivity contribution in [2.75, 3.05) is 5.73 Å². The number of nitrogens with zero attached hydrogens (tertiary/aromatic N) is 2. The maximum atomic E-state index is 12.2. The summed E-state index contributed by atoms with van der Waals surface area (Å²) in [6.45, 7) is 1.82. The number of nitrogens with two attached hydrogens (primary N) is 1. The molecule has 2 aromatic rings. The summed E-state index contributed by atoms with van der Waals surface area (Å²) < 4.78 is 24.5. The number of aromatic nitrogens is 2. The first kappa shape index (κ1) is 11.5. The molecule has 0 fully saturated rings. The van der Waals surface area contributed by atoms with Gasteiger partial charge in [0, 0.05) is 0 Å². The van der Waals surface area contributed by atoms with Crippen molar-refractivity contribution in [1.29, 1.82) is 0 Å². The van der Waals surface area contributed by atoms with Crippen LogP contribution in [0, 0.1) is 6.92 Å². The van der Waals surface area contributed by atoms with E-state index in [4.69, 9.17) is 5.73 Å². The van der Waals surface area contributed by atoms with Crippen LogP contribution < -0.4 is 5.73 Å². The smallest absolute Gasteiger partial charge is 0.211 e. The van der Waals surface area contributed by atoms with E-state index in [0.29, 0.717) is 0 Å². The molecule has 6 heteroatoms. The average Bonchev–Trinajstić information content (AvgIpc) is 2.29. The number of hydrogen-bond donors (Lipinski definition) is 1. The van der Waals surface area contributed by atoms with Gasteiger partial charge in [0.1, 0.15) is 17.0 Å². The maximum Gasteiger partial charge on any atom is 0.211 e. The normalized spacial score (nSPS) is 11.4. The minimum absolute atomic E-state index is 0.0403. The summed E-state index contributed by atoms with van der Waals surface area (Å²) in [5.41, 5.74) is 6.41. The fourth-order valence-corrected chi connectivity index (χ4v) is 2.82. The summed E-state index contributed by atoms with van der Waals surface area (Å²) in [6.07, 6.45) is 2.42. The van der Waals surface area contributed by atoms with Crippen molar-refractivity contribution >= 4 is 15.7 Å². The highest BCUT2D eigenvalue weighted by atomic mass is 32.2. The first-order valence-electron chi connectivity index (χ1n) is 4.89. The molecule has 1 heterocycles. The van der Waals surface area contributed by atoms with Crippen LogP contribution in [0.5, 0.6) is 0 Å². The minimum Gasteiger partial charge on any atom is -0.383 e. The Balaban J connectivity index is 2.63. The molecule has 0 aliphatic carbocycles. The lowest BCUT2D eigenvalue weighted by molar-refractivity contribution is 0.595. The second kappa shape index (κ2) is 4.14. The number of sulfone groups is 1. The van der Waals surface area contributed by atoms with E-state index < -0.39 is 9.84 Å². The Morgan fingerprint density at radius 1 is 1.29 bits per heavy atom. The fourth-order valence-electron chi connectivity index (χ4n) is 1.44. The second-order valence-corrected chi connectivity index (χ2v) is 5.51. The third-order valence-corrected chi connectivity index (χ3v) is 4.07.